The van der Waals surface area contributed by atoms with Crippen molar-refractivity contribution in [1.82, 2.24) is 9.97 Å². The second kappa shape index (κ2) is 5.50. The van der Waals surface area contributed by atoms with Gasteiger partial charge in [0.05, 0.1) is 11.5 Å². The molecule has 0 radical (unpaired) electrons. The van der Waals surface area contributed by atoms with E-state index in [2.05, 4.69) is 15.3 Å². The SMILES string of the molecule is Nc1ncnc(NC2O[C@H](CO)[C@@H](O)[C@H]2O)c1[N+](=O)[O-]. The van der Waals surface area contributed by atoms with Gasteiger partial charge in [0.25, 0.3) is 0 Å². The van der Waals surface area contributed by atoms with Gasteiger partial charge in [0.1, 0.15) is 24.6 Å². The van der Waals surface area contributed by atoms with E-state index in [1.807, 2.05) is 0 Å². The Balaban J connectivity index is 2.23. The Morgan fingerprint density at radius 1 is 1.45 bits per heavy atom. The minimum absolute atomic E-state index is 0.252. The molecule has 1 aromatic rings. The number of hydrogen-bond acceptors (Lipinski definition) is 10. The first-order valence-electron chi connectivity index (χ1n) is 5.59. The van der Waals surface area contributed by atoms with Crippen LogP contribution in [0, 0.1) is 10.1 Å². The number of nitrogens with one attached hydrogen (secondary N) is 1. The first kappa shape index (κ1) is 14.3. The Morgan fingerprint density at radius 3 is 2.70 bits per heavy atom. The highest BCUT2D eigenvalue weighted by Gasteiger charge is 2.43. The van der Waals surface area contributed by atoms with Crippen molar-refractivity contribution in [2.45, 2.75) is 24.5 Å². The van der Waals surface area contributed by atoms with Gasteiger partial charge in [0, 0.05) is 0 Å². The second-order valence-electron chi connectivity index (χ2n) is 4.12. The summed E-state index contributed by atoms with van der Waals surface area (Å²) in [5.41, 5.74) is 4.82. The maximum Gasteiger partial charge on any atom is 0.353 e. The van der Waals surface area contributed by atoms with Crippen LogP contribution in [0.3, 0.4) is 0 Å². The Kier molecular flexibility index (Phi) is 3.94. The number of aliphatic hydroxyl groups excluding tert-OH is 3. The molecule has 0 spiro atoms. The van der Waals surface area contributed by atoms with Gasteiger partial charge in [-0.2, -0.15) is 0 Å². The molecule has 110 valence electrons. The molecule has 1 aromatic heterocycles. The molecule has 11 nitrogen and oxygen atoms in total. The molecule has 0 saturated carbocycles. The molecule has 1 aliphatic rings. The smallest absolute Gasteiger partial charge is 0.353 e. The quantitative estimate of drug-likeness (QED) is 0.302. The van der Waals surface area contributed by atoms with Crippen LogP contribution in [0.4, 0.5) is 17.3 Å². The number of anilines is 2. The molecule has 2 rings (SSSR count). The van der Waals surface area contributed by atoms with E-state index in [1.54, 1.807) is 0 Å². The topological polar surface area (TPSA) is 177 Å². The molecule has 11 heteroatoms. The van der Waals surface area contributed by atoms with Crippen LogP contribution in [0.1, 0.15) is 0 Å². The molecular weight excluding hydrogens is 274 g/mol. The van der Waals surface area contributed by atoms with E-state index in [0.29, 0.717) is 0 Å². The lowest BCUT2D eigenvalue weighted by Gasteiger charge is -2.16. The summed E-state index contributed by atoms with van der Waals surface area (Å²) in [5.74, 6) is -0.600. The van der Waals surface area contributed by atoms with Crippen LogP contribution >= 0.6 is 0 Å². The summed E-state index contributed by atoms with van der Waals surface area (Å²) in [7, 11) is 0. The number of rotatable bonds is 4. The first-order chi connectivity index (χ1) is 9.45. The molecule has 2 heterocycles. The van der Waals surface area contributed by atoms with Gasteiger partial charge in [-0.25, -0.2) is 9.97 Å². The fourth-order valence-corrected chi connectivity index (χ4v) is 1.83. The number of nitrogen functional groups attached to an aromatic ring is 1. The highest BCUT2D eigenvalue weighted by molar-refractivity contribution is 5.67. The van der Waals surface area contributed by atoms with Gasteiger partial charge in [-0.1, -0.05) is 0 Å². The van der Waals surface area contributed by atoms with Gasteiger partial charge in [-0.05, 0) is 0 Å². The number of nitrogens with zero attached hydrogens (tertiary/aromatic N) is 3. The summed E-state index contributed by atoms with van der Waals surface area (Å²) in [6.45, 7) is -0.510. The molecule has 1 unspecified atom stereocenters. The average molecular weight is 287 g/mol. The van der Waals surface area contributed by atoms with E-state index in [-0.39, 0.29) is 11.6 Å². The van der Waals surface area contributed by atoms with Crippen molar-refractivity contribution in [2.24, 2.45) is 0 Å². The van der Waals surface area contributed by atoms with E-state index in [1.165, 1.54) is 0 Å². The van der Waals surface area contributed by atoms with Crippen molar-refractivity contribution in [2.75, 3.05) is 17.7 Å². The predicted molar refractivity (Wildman–Crippen MR) is 64.5 cm³/mol. The van der Waals surface area contributed by atoms with Gasteiger partial charge in [0.15, 0.2) is 6.23 Å². The molecule has 0 aromatic carbocycles. The lowest BCUT2D eigenvalue weighted by atomic mass is 10.1. The van der Waals surface area contributed by atoms with Crippen LogP contribution in [0.2, 0.25) is 0 Å². The summed E-state index contributed by atoms with van der Waals surface area (Å²) in [4.78, 5) is 17.3. The van der Waals surface area contributed by atoms with Crippen molar-refractivity contribution in [3.8, 4) is 0 Å². The van der Waals surface area contributed by atoms with Gasteiger partial charge in [-0.15, -0.1) is 0 Å². The minimum atomic E-state index is -1.39. The maximum atomic E-state index is 10.9. The molecule has 6 N–H and O–H groups in total. The fraction of sp³-hybridized carbons (Fsp3) is 0.556. The van der Waals surface area contributed by atoms with E-state index >= 15 is 0 Å². The van der Waals surface area contributed by atoms with E-state index < -0.39 is 41.8 Å². The number of aromatic nitrogens is 2. The normalized spacial score (nSPS) is 29.4. The van der Waals surface area contributed by atoms with Gasteiger partial charge in [-0.3, -0.25) is 10.1 Å². The summed E-state index contributed by atoms with van der Waals surface area (Å²) in [5, 5.41) is 41.6. The third-order valence-electron chi connectivity index (χ3n) is 2.85. The number of nitrogens with two attached hydrogens (primary N) is 1. The zero-order chi connectivity index (χ0) is 14.9. The van der Waals surface area contributed by atoms with Gasteiger partial charge >= 0.3 is 5.69 Å². The van der Waals surface area contributed by atoms with Crippen LogP contribution < -0.4 is 11.1 Å². The van der Waals surface area contributed by atoms with Crippen molar-refractivity contribution < 1.29 is 25.0 Å². The van der Waals surface area contributed by atoms with Crippen LogP contribution in [0.25, 0.3) is 0 Å². The van der Waals surface area contributed by atoms with Crippen molar-refractivity contribution in [3.05, 3.63) is 16.4 Å². The molecule has 20 heavy (non-hydrogen) atoms. The van der Waals surface area contributed by atoms with E-state index in [4.69, 9.17) is 15.6 Å². The van der Waals surface area contributed by atoms with E-state index in [9.17, 15) is 20.3 Å². The molecule has 1 saturated heterocycles. The maximum absolute atomic E-state index is 10.9. The highest BCUT2D eigenvalue weighted by atomic mass is 16.6. The van der Waals surface area contributed by atoms with Gasteiger partial charge < -0.3 is 31.1 Å². The number of aliphatic hydroxyl groups is 3. The minimum Gasteiger partial charge on any atom is -0.394 e. The standard InChI is InChI=1S/C9H13N5O6/c10-7-4(14(18)19)8(12-2-11-7)13-9-6(17)5(16)3(1-15)20-9/h2-3,5-6,9,15-17H,1H2,(H3,10,11,12,13)/t3-,5-,6-,9?/m1/s1. The third kappa shape index (κ3) is 2.46. The van der Waals surface area contributed by atoms with Crippen LogP contribution in [-0.2, 0) is 4.74 Å². The summed E-state index contributed by atoms with van der Waals surface area (Å²) >= 11 is 0. The van der Waals surface area contributed by atoms with Crippen LogP contribution in [0.15, 0.2) is 6.33 Å². The van der Waals surface area contributed by atoms with Crippen molar-refractivity contribution in [3.63, 3.8) is 0 Å². The summed E-state index contributed by atoms with van der Waals surface area (Å²) in [6, 6.07) is 0. The first-order valence-corrected chi connectivity index (χ1v) is 5.59. The van der Waals surface area contributed by atoms with Crippen molar-refractivity contribution in [1.29, 1.82) is 0 Å². The molecule has 1 aliphatic heterocycles. The molecular formula is C9H13N5O6. The highest BCUT2D eigenvalue weighted by Crippen LogP contribution is 2.29. The number of nitro groups is 1. The van der Waals surface area contributed by atoms with Gasteiger partial charge in [0.2, 0.25) is 11.6 Å². The Bertz CT molecular complexity index is 514. The molecule has 0 bridgehead atoms. The molecule has 4 atom stereocenters. The number of hydrogen-bond donors (Lipinski definition) is 5. The lowest BCUT2D eigenvalue weighted by Crippen LogP contribution is -2.36. The van der Waals surface area contributed by atoms with Crippen LogP contribution in [0.5, 0.6) is 0 Å². The van der Waals surface area contributed by atoms with E-state index in [0.717, 1.165) is 6.33 Å². The monoisotopic (exact) mass is 287 g/mol. The molecule has 0 amide bonds. The Labute approximate surface area is 112 Å². The fourth-order valence-electron chi connectivity index (χ4n) is 1.83. The number of ether oxygens (including phenoxy) is 1. The average Bonchev–Trinajstić information content (AvgIpc) is 2.66. The summed E-state index contributed by atoms with van der Waals surface area (Å²) < 4.78 is 5.13. The predicted octanol–water partition coefficient (Wildman–Crippen LogP) is -2.18. The van der Waals surface area contributed by atoms with Crippen molar-refractivity contribution >= 4 is 17.3 Å². The molecule has 0 aliphatic carbocycles. The largest absolute Gasteiger partial charge is 0.394 e. The Hall–Kier alpha value is -2.08. The molecule has 1 fully saturated rings. The zero-order valence-electron chi connectivity index (χ0n) is 10.1. The second-order valence-corrected chi connectivity index (χ2v) is 4.12. The zero-order valence-corrected chi connectivity index (χ0v) is 10.1. The third-order valence-corrected chi connectivity index (χ3v) is 2.85. The Morgan fingerprint density at radius 2 is 2.15 bits per heavy atom. The lowest BCUT2D eigenvalue weighted by molar-refractivity contribution is -0.383. The van der Waals surface area contributed by atoms with Crippen LogP contribution in [-0.4, -0.2) is 61.4 Å². The summed E-state index contributed by atoms with van der Waals surface area (Å²) in [6.07, 6.45) is -3.87.